The van der Waals surface area contributed by atoms with Crippen molar-refractivity contribution in [1.82, 2.24) is 0 Å². The Hall–Kier alpha value is -0.0800. The Balaban J connectivity index is 3.28. The summed E-state index contributed by atoms with van der Waals surface area (Å²) in [5, 5.41) is -0.385. The maximum atomic E-state index is 11.1. The third-order valence-corrected chi connectivity index (χ3v) is 5.66. The second kappa shape index (κ2) is 18.3. The van der Waals surface area contributed by atoms with Gasteiger partial charge in [-0.25, -0.2) is 0 Å². The second-order valence-corrected chi connectivity index (χ2v) is 8.90. The molecule has 0 saturated heterocycles. The molecule has 0 rings (SSSR count). The van der Waals surface area contributed by atoms with Gasteiger partial charge in [-0.3, -0.25) is 9.59 Å². The number of hydrogen-bond acceptors (Lipinski definition) is 2. The average molecular weight is 407 g/mol. The first-order valence-corrected chi connectivity index (χ1v) is 11.6. The number of rotatable bonds is 19. The molecule has 0 N–H and O–H groups in total. The van der Waals surface area contributed by atoms with Crippen LogP contribution in [0.5, 0.6) is 0 Å². The van der Waals surface area contributed by atoms with Crippen molar-refractivity contribution in [3.05, 3.63) is 0 Å². The zero-order chi connectivity index (χ0) is 19.6. The Labute approximate surface area is 171 Å². The molecule has 0 radical (unpaired) electrons. The van der Waals surface area contributed by atoms with Gasteiger partial charge < -0.3 is 0 Å². The third-order valence-electron chi connectivity index (χ3n) is 5.31. The predicted octanol–water partition coefficient (Wildman–Crippen LogP) is 8.03. The van der Waals surface area contributed by atoms with Crippen LogP contribution in [0.3, 0.4) is 0 Å². The topological polar surface area (TPSA) is 34.1 Å². The summed E-state index contributed by atoms with van der Waals surface area (Å²) >= 11 is 10.9. The summed E-state index contributed by atoms with van der Waals surface area (Å²) in [4.78, 5) is 21.7. The molecule has 1 unspecified atom stereocenters. The summed E-state index contributed by atoms with van der Waals surface area (Å²) in [6, 6.07) is 0. The van der Waals surface area contributed by atoms with Gasteiger partial charge in [-0.15, -0.1) is 0 Å². The lowest BCUT2D eigenvalue weighted by atomic mass is 9.88. The smallest absolute Gasteiger partial charge is 0.221 e. The largest absolute Gasteiger partial charge is 0.281 e. The van der Waals surface area contributed by atoms with E-state index in [4.69, 9.17) is 23.2 Å². The van der Waals surface area contributed by atoms with E-state index in [2.05, 4.69) is 13.8 Å². The lowest BCUT2D eigenvalue weighted by Crippen LogP contribution is -2.11. The number of carbonyl (C=O) groups excluding carboxylic acids is 2. The Morgan fingerprint density at radius 2 is 1.00 bits per heavy atom. The highest BCUT2D eigenvalue weighted by Crippen LogP contribution is 2.24. The first kappa shape index (κ1) is 25.9. The molecule has 0 aliphatic carbocycles. The monoisotopic (exact) mass is 406 g/mol. The molecule has 0 aliphatic heterocycles. The number of halogens is 2. The molecule has 0 fully saturated rings. The van der Waals surface area contributed by atoms with Gasteiger partial charge in [-0.2, -0.15) is 0 Å². The van der Waals surface area contributed by atoms with Crippen LogP contribution in [0.1, 0.15) is 117 Å². The van der Waals surface area contributed by atoms with Gasteiger partial charge in [0, 0.05) is 12.8 Å². The van der Waals surface area contributed by atoms with Crippen molar-refractivity contribution < 1.29 is 9.59 Å². The minimum atomic E-state index is -0.199. The molecule has 26 heavy (non-hydrogen) atoms. The van der Waals surface area contributed by atoms with Crippen molar-refractivity contribution in [3.63, 3.8) is 0 Å². The maximum Gasteiger partial charge on any atom is 0.221 e. The van der Waals surface area contributed by atoms with Gasteiger partial charge in [0.15, 0.2) is 0 Å². The normalized spacial score (nSPS) is 12.5. The highest BCUT2D eigenvalue weighted by Gasteiger charge is 2.15. The van der Waals surface area contributed by atoms with Crippen molar-refractivity contribution in [2.24, 2.45) is 11.8 Å². The Morgan fingerprint density at radius 3 is 1.35 bits per heavy atom. The van der Waals surface area contributed by atoms with Gasteiger partial charge in [0.25, 0.3) is 0 Å². The van der Waals surface area contributed by atoms with Gasteiger partial charge in [-0.05, 0) is 47.9 Å². The minimum Gasteiger partial charge on any atom is -0.281 e. The van der Waals surface area contributed by atoms with Crippen molar-refractivity contribution in [3.8, 4) is 0 Å². The lowest BCUT2D eigenvalue weighted by molar-refractivity contribution is -0.113. The summed E-state index contributed by atoms with van der Waals surface area (Å²) in [7, 11) is 0. The zero-order valence-corrected chi connectivity index (χ0v) is 18.6. The molecule has 1 atom stereocenters. The molecule has 0 aliphatic rings. The van der Waals surface area contributed by atoms with E-state index >= 15 is 0 Å². The van der Waals surface area contributed by atoms with Crippen LogP contribution >= 0.6 is 23.2 Å². The van der Waals surface area contributed by atoms with E-state index in [0.717, 1.165) is 19.3 Å². The first-order chi connectivity index (χ1) is 12.4. The Morgan fingerprint density at radius 1 is 0.615 bits per heavy atom. The zero-order valence-electron chi connectivity index (χ0n) is 17.0. The molecule has 0 bridgehead atoms. The van der Waals surface area contributed by atoms with Crippen LogP contribution in [0.25, 0.3) is 0 Å². The van der Waals surface area contributed by atoms with E-state index in [0.29, 0.717) is 24.7 Å². The van der Waals surface area contributed by atoms with Gasteiger partial charge in [0.2, 0.25) is 10.5 Å². The Kier molecular flexibility index (Phi) is 18.2. The van der Waals surface area contributed by atoms with Gasteiger partial charge in [-0.1, -0.05) is 90.9 Å². The SMILES string of the molecule is CC(C)C(CCCCCCCCCCCCCCCC(=O)Cl)CC(=O)Cl. The molecule has 4 heteroatoms. The fraction of sp³-hybridized carbons (Fsp3) is 0.909. The van der Waals surface area contributed by atoms with E-state index in [1.54, 1.807) is 0 Å². The standard InChI is InChI=1S/C22H40Cl2O2/c1-19(2)20(18-22(24)26)16-14-12-10-8-6-4-3-5-7-9-11-13-15-17-21(23)25/h19-20H,3-18H2,1-2H3. The number of carbonyl (C=O) groups is 2. The average Bonchev–Trinajstić information content (AvgIpc) is 2.56. The van der Waals surface area contributed by atoms with Crippen LogP contribution in [0, 0.1) is 11.8 Å². The van der Waals surface area contributed by atoms with Crippen LogP contribution in [0.4, 0.5) is 0 Å². The molecule has 0 heterocycles. The number of hydrogen-bond donors (Lipinski definition) is 0. The molecule has 154 valence electrons. The van der Waals surface area contributed by atoms with E-state index in [1.807, 2.05) is 0 Å². The summed E-state index contributed by atoms with van der Waals surface area (Å²) in [5.74, 6) is 0.996. The minimum absolute atomic E-state index is 0.186. The van der Waals surface area contributed by atoms with Crippen LogP contribution in [-0.4, -0.2) is 10.5 Å². The fourth-order valence-corrected chi connectivity index (χ4v) is 3.82. The summed E-state index contributed by atoms with van der Waals surface area (Å²) < 4.78 is 0. The fourth-order valence-electron chi connectivity index (χ4n) is 3.49. The van der Waals surface area contributed by atoms with E-state index in [1.165, 1.54) is 70.6 Å². The van der Waals surface area contributed by atoms with Crippen molar-refractivity contribution >= 4 is 33.7 Å². The van der Waals surface area contributed by atoms with Gasteiger partial charge in [0.1, 0.15) is 0 Å². The van der Waals surface area contributed by atoms with E-state index < -0.39 is 0 Å². The van der Waals surface area contributed by atoms with Crippen molar-refractivity contribution in [1.29, 1.82) is 0 Å². The highest BCUT2D eigenvalue weighted by molar-refractivity contribution is 6.63. The molecular formula is C22H40Cl2O2. The summed E-state index contributed by atoms with van der Waals surface area (Å²) in [5.41, 5.74) is 0. The maximum absolute atomic E-state index is 11.1. The summed E-state index contributed by atoms with van der Waals surface area (Å²) in [6.45, 7) is 4.37. The van der Waals surface area contributed by atoms with Gasteiger partial charge in [0.05, 0.1) is 0 Å². The highest BCUT2D eigenvalue weighted by atomic mass is 35.5. The quantitative estimate of drug-likeness (QED) is 0.160. The molecule has 0 aromatic rings. The third kappa shape index (κ3) is 18.7. The van der Waals surface area contributed by atoms with Crippen LogP contribution < -0.4 is 0 Å². The molecule has 0 saturated carbocycles. The lowest BCUT2D eigenvalue weighted by Gasteiger charge is -2.18. The Bertz CT molecular complexity index is 356. The molecule has 0 amide bonds. The van der Waals surface area contributed by atoms with Crippen LogP contribution in [-0.2, 0) is 9.59 Å². The van der Waals surface area contributed by atoms with Crippen LogP contribution in [0.2, 0.25) is 0 Å². The van der Waals surface area contributed by atoms with E-state index in [9.17, 15) is 9.59 Å². The second-order valence-electron chi connectivity index (χ2n) is 8.05. The molecule has 0 aromatic heterocycles. The van der Waals surface area contributed by atoms with E-state index in [-0.39, 0.29) is 10.5 Å². The molecule has 0 aromatic carbocycles. The first-order valence-electron chi connectivity index (χ1n) is 10.8. The molecular weight excluding hydrogens is 367 g/mol. The molecule has 0 spiro atoms. The molecule has 2 nitrogen and oxygen atoms in total. The summed E-state index contributed by atoms with van der Waals surface area (Å²) in [6.07, 6.45) is 18.7. The predicted molar refractivity (Wildman–Crippen MR) is 114 cm³/mol. The van der Waals surface area contributed by atoms with Crippen molar-refractivity contribution in [2.45, 2.75) is 117 Å². The van der Waals surface area contributed by atoms with Gasteiger partial charge >= 0.3 is 0 Å². The van der Waals surface area contributed by atoms with Crippen molar-refractivity contribution in [2.75, 3.05) is 0 Å². The number of unbranched alkanes of at least 4 members (excludes halogenated alkanes) is 12. The van der Waals surface area contributed by atoms with Crippen LogP contribution in [0.15, 0.2) is 0 Å².